The Balaban J connectivity index is 2.29. The molecule has 1 N–H and O–H groups in total. The Hall–Kier alpha value is -0.830. The SMILES string of the molecule is O=C1CC(O)C2CCOC=C12. The van der Waals surface area contributed by atoms with Gasteiger partial charge in [0.1, 0.15) is 0 Å². The molecule has 11 heavy (non-hydrogen) atoms. The van der Waals surface area contributed by atoms with Crippen molar-refractivity contribution in [1.82, 2.24) is 0 Å². The number of hydrogen-bond donors (Lipinski definition) is 1. The second kappa shape index (κ2) is 2.34. The maximum Gasteiger partial charge on any atom is 0.164 e. The molecule has 1 heterocycles. The molecule has 60 valence electrons. The molecule has 1 aliphatic carbocycles. The zero-order valence-electron chi connectivity index (χ0n) is 6.12. The molecule has 1 saturated carbocycles. The molecule has 0 bridgehead atoms. The quantitative estimate of drug-likeness (QED) is 0.543. The average Bonchev–Trinajstić information content (AvgIpc) is 2.30. The van der Waals surface area contributed by atoms with E-state index in [0.29, 0.717) is 12.2 Å². The van der Waals surface area contributed by atoms with Crippen molar-refractivity contribution < 1.29 is 14.6 Å². The largest absolute Gasteiger partial charge is 0.501 e. The minimum absolute atomic E-state index is 0.0437. The van der Waals surface area contributed by atoms with E-state index in [0.717, 1.165) is 6.42 Å². The highest BCUT2D eigenvalue weighted by atomic mass is 16.5. The van der Waals surface area contributed by atoms with Gasteiger partial charge in [0.15, 0.2) is 5.78 Å². The molecule has 0 amide bonds. The number of ketones is 1. The molecule has 3 heteroatoms. The highest BCUT2D eigenvalue weighted by Crippen LogP contribution is 2.33. The molecule has 1 aliphatic heterocycles. The van der Waals surface area contributed by atoms with E-state index in [2.05, 4.69) is 0 Å². The summed E-state index contributed by atoms with van der Waals surface area (Å²) in [6, 6.07) is 0. The summed E-state index contributed by atoms with van der Waals surface area (Å²) in [5.74, 6) is 0.0958. The van der Waals surface area contributed by atoms with Gasteiger partial charge in [0, 0.05) is 17.9 Å². The Morgan fingerprint density at radius 3 is 3.18 bits per heavy atom. The van der Waals surface area contributed by atoms with Crippen LogP contribution in [-0.2, 0) is 9.53 Å². The fourth-order valence-corrected chi connectivity index (χ4v) is 1.71. The monoisotopic (exact) mass is 154 g/mol. The first kappa shape index (κ1) is 6.85. The lowest BCUT2D eigenvalue weighted by Gasteiger charge is -2.18. The second-order valence-electron chi connectivity index (χ2n) is 3.03. The van der Waals surface area contributed by atoms with Gasteiger partial charge < -0.3 is 9.84 Å². The molecule has 3 nitrogen and oxygen atoms in total. The summed E-state index contributed by atoms with van der Waals surface area (Å²) in [6.45, 7) is 0.624. The number of fused-ring (bicyclic) bond motifs is 1. The number of aliphatic hydroxyl groups is 1. The molecule has 0 aromatic heterocycles. The summed E-state index contributed by atoms with van der Waals surface area (Å²) in [5.41, 5.74) is 0.684. The van der Waals surface area contributed by atoms with E-state index >= 15 is 0 Å². The van der Waals surface area contributed by atoms with Crippen molar-refractivity contribution in [3.63, 3.8) is 0 Å². The van der Waals surface area contributed by atoms with Gasteiger partial charge in [-0.25, -0.2) is 0 Å². The lowest BCUT2D eigenvalue weighted by Crippen LogP contribution is -2.19. The van der Waals surface area contributed by atoms with Gasteiger partial charge in [-0.1, -0.05) is 0 Å². The minimum Gasteiger partial charge on any atom is -0.501 e. The second-order valence-corrected chi connectivity index (χ2v) is 3.03. The lowest BCUT2D eigenvalue weighted by molar-refractivity contribution is -0.115. The number of rotatable bonds is 0. The first-order chi connectivity index (χ1) is 5.29. The molecule has 2 rings (SSSR count). The van der Waals surface area contributed by atoms with Crippen LogP contribution in [0.2, 0.25) is 0 Å². The van der Waals surface area contributed by atoms with Crippen LogP contribution in [0.3, 0.4) is 0 Å². The van der Waals surface area contributed by atoms with Gasteiger partial charge in [-0.2, -0.15) is 0 Å². The Kier molecular flexibility index (Phi) is 1.46. The summed E-state index contributed by atoms with van der Waals surface area (Å²) in [6.07, 6.45) is 2.10. The first-order valence-electron chi connectivity index (χ1n) is 3.82. The van der Waals surface area contributed by atoms with Crippen molar-refractivity contribution in [3.05, 3.63) is 11.8 Å². The van der Waals surface area contributed by atoms with Crippen molar-refractivity contribution >= 4 is 5.78 Å². The number of aliphatic hydroxyl groups excluding tert-OH is 1. The highest BCUT2D eigenvalue weighted by molar-refractivity contribution is 5.98. The predicted octanol–water partition coefficient (Wildman–Crippen LogP) is 0.240. The minimum atomic E-state index is -0.461. The van der Waals surface area contributed by atoms with Crippen molar-refractivity contribution in [3.8, 4) is 0 Å². The van der Waals surface area contributed by atoms with Gasteiger partial charge in [0.25, 0.3) is 0 Å². The molecular weight excluding hydrogens is 144 g/mol. The summed E-state index contributed by atoms with van der Waals surface area (Å²) in [7, 11) is 0. The number of Topliss-reactive ketones (excluding diaryl/α,β-unsaturated/α-hetero) is 1. The molecule has 0 aromatic rings. The zero-order chi connectivity index (χ0) is 7.84. The van der Waals surface area contributed by atoms with E-state index in [1.165, 1.54) is 6.26 Å². The predicted molar refractivity (Wildman–Crippen MR) is 37.8 cm³/mol. The van der Waals surface area contributed by atoms with Crippen LogP contribution in [0, 0.1) is 5.92 Å². The third kappa shape index (κ3) is 0.959. The summed E-state index contributed by atoms with van der Waals surface area (Å²) >= 11 is 0. The van der Waals surface area contributed by atoms with Gasteiger partial charge in [0.05, 0.1) is 19.0 Å². The molecule has 0 aromatic carbocycles. The Morgan fingerprint density at radius 1 is 1.64 bits per heavy atom. The third-order valence-corrected chi connectivity index (χ3v) is 2.34. The number of carbonyl (C=O) groups is 1. The van der Waals surface area contributed by atoms with Crippen LogP contribution in [-0.4, -0.2) is 23.6 Å². The van der Waals surface area contributed by atoms with Crippen molar-refractivity contribution in [2.24, 2.45) is 5.92 Å². The summed E-state index contributed by atoms with van der Waals surface area (Å²) in [4.78, 5) is 11.1. The van der Waals surface area contributed by atoms with Crippen LogP contribution in [0.4, 0.5) is 0 Å². The smallest absolute Gasteiger partial charge is 0.164 e. The fourth-order valence-electron chi connectivity index (χ4n) is 1.71. The van der Waals surface area contributed by atoms with E-state index in [4.69, 9.17) is 4.74 Å². The standard InChI is InChI=1S/C8H10O3/c9-7-3-8(10)6-4-11-2-1-5(6)7/h4-5,7,9H,1-3H2. The topological polar surface area (TPSA) is 46.5 Å². The van der Waals surface area contributed by atoms with Crippen molar-refractivity contribution in [2.45, 2.75) is 18.9 Å². The molecule has 0 radical (unpaired) electrons. The maximum absolute atomic E-state index is 11.1. The van der Waals surface area contributed by atoms with Gasteiger partial charge in [-0.15, -0.1) is 0 Å². The number of ether oxygens (including phenoxy) is 1. The third-order valence-electron chi connectivity index (χ3n) is 2.34. The maximum atomic E-state index is 11.1. The molecule has 1 fully saturated rings. The van der Waals surface area contributed by atoms with E-state index in [1.807, 2.05) is 0 Å². The van der Waals surface area contributed by atoms with E-state index in [1.54, 1.807) is 0 Å². The summed E-state index contributed by atoms with van der Waals surface area (Å²) < 4.78 is 5.01. The van der Waals surface area contributed by atoms with Gasteiger partial charge in [-0.3, -0.25) is 4.79 Å². The van der Waals surface area contributed by atoms with Crippen LogP contribution in [0.25, 0.3) is 0 Å². The van der Waals surface area contributed by atoms with Crippen LogP contribution >= 0.6 is 0 Å². The van der Waals surface area contributed by atoms with Crippen molar-refractivity contribution in [2.75, 3.05) is 6.61 Å². The van der Waals surface area contributed by atoms with Crippen LogP contribution in [0.5, 0.6) is 0 Å². The van der Waals surface area contributed by atoms with E-state index < -0.39 is 6.10 Å². The molecule has 2 aliphatic rings. The van der Waals surface area contributed by atoms with Crippen LogP contribution in [0.1, 0.15) is 12.8 Å². The fraction of sp³-hybridized carbons (Fsp3) is 0.625. The molecular formula is C8H10O3. The molecule has 2 atom stereocenters. The van der Waals surface area contributed by atoms with E-state index in [-0.39, 0.29) is 18.1 Å². The highest BCUT2D eigenvalue weighted by Gasteiger charge is 2.38. The Bertz CT molecular complexity index is 219. The van der Waals surface area contributed by atoms with Crippen molar-refractivity contribution in [1.29, 1.82) is 0 Å². The Labute approximate surface area is 64.7 Å². The normalized spacial score (nSPS) is 36.1. The van der Waals surface area contributed by atoms with Crippen LogP contribution < -0.4 is 0 Å². The number of hydrogen-bond acceptors (Lipinski definition) is 3. The lowest BCUT2D eigenvalue weighted by atomic mass is 9.97. The van der Waals surface area contributed by atoms with E-state index in [9.17, 15) is 9.90 Å². The van der Waals surface area contributed by atoms with Gasteiger partial charge in [0.2, 0.25) is 0 Å². The summed E-state index contributed by atoms with van der Waals surface area (Å²) in [5, 5.41) is 9.38. The van der Waals surface area contributed by atoms with Crippen LogP contribution in [0.15, 0.2) is 11.8 Å². The molecule has 0 saturated heterocycles. The average molecular weight is 154 g/mol. The zero-order valence-corrected chi connectivity index (χ0v) is 6.12. The van der Waals surface area contributed by atoms with Gasteiger partial charge >= 0.3 is 0 Å². The Morgan fingerprint density at radius 2 is 2.45 bits per heavy atom. The molecule has 0 spiro atoms. The van der Waals surface area contributed by atoms with Gasteiger partial charge in [-0.05, 0) is 6.42 Å². The molecule has 2 unspecified atom stereocenters. The number of carbonyl (C=O) groups excluding carboxylic acids is 1. The first-order valence-corrected chi connectivity index (χ1v) is 3.82.